The highest BCUT2D eigenvalue weighted by molar-refractivity contribution is 5.37. The van der Waals surface area contributed by atoms with Crippen molar-refractivity contribution in [2.24, 2.45) is 5.73 Å². The van der Waals surface area contributed by atoms with Gasteiger partial charge >= 0.3 is 0 Å². The van der Waals surface area contributed by atoms with Crippen LogP contribution in [0.5, 0.6) is 5.75 Å². The summed E-state index contributed by atoms with van der Waals surface area (Å²) in [7, 11) is 3.28. The smallest absolute Gasteiger partial charge is 0.131 e. The molecule has 0 amide bonds. The molecule has 2 atom stereocenters. The summed E-state index contributed by atoms with van der Waals surface area (Å²) in [6.07, 6.45) is 2.07. The number of nitrogens with two attached hydrogens (primary N) is 1. The van der Waals surface area contributed by atoms with Crippen LogP contribution in [-0.2, 0) is 4.74 Å². The normalized spacial score (nSPS) is 21.1. The van der Waals surface area contributed by atoms with Crippen molar-refractivity contribution in [2.45, 2.75) is 25.0 Å². The lowest BCUT2D eigenvalue weighted by molar-refractivity contribution is 0.107. The van der Waals surface area contributed by atoms with Crippen molar-refractivity contribution in [3.05, 3.63) is 29.6 Å². The molecule has 0 radical (unpaired) electrons. The molecule has 0 aromatic heterocycles. The molecule has 2 rings (SSSR count). The lowest BCUT2D eigenvalue weighted by atomic mass is 10.0. The van der Waals surface area contributed by atoms with Crippen molar-refractivity contribution < 1.29 is 13.9 Å². The summed E-state index contributed by atoms with van der Waals surface area (Å²) in [4.78, 5) is 2.31. The first-order chi connectivity index (χ1) is 9.65. The van der Waals surface area contributed by atoms with Gasteiger partial charge in [-0.1, -0.05) is 6.07 Å². The number of nitrogens with zero attached hydrogens (tertiary/aromatic N) is 1. The van der Waals surface area contributed by atoms with Crippen LogP contribution in [0.25, 0.3) is 0 Å². The van der Waals surface area contributed by atoms with Gasteiger partial charge in [0, 0.05) is 38.3 Å². The predicted octanol–water partition coefficient (Wildman–Crippen LogP) is 1.94. The second kappa shape index (κ2) is 7.02. The van der Waals surface area contributed by atoms with Gasteiger partial charge in [-0.2, -0.15) is 0 Å². The van der Waals surface area contributed by atoms with Crippen LogP contribution in [0.15, 0.2) is 18.2 Å². The van der Waals surface area contributed by atoms with Gasteiger partial charge < -0.3 is 20.1 Å². The summed E-state index contributed by atoms with van der Waals surface area (Å²) in [6.45, 7) is 2.79. The maximum Gasteiger partial charge on any atom is 0.131 e. The molecule has 1 saturated heterocycles. The molecule has 112 valence electrons. The number of halogens is 1. The fourth-order valence-electron chi connectivity index (χ4n) is 2.71. The van der Waals surface area contributed by atoms with E-state index in [-0.39, 0.29) is 11.9 Å². The first-order valence-corrected chi connectivity index (χ1v) is 6.98. The zero-order valence-electron chi connectivity index (χ0n) is 12.1. The third-order valence-electron chi connectivity index (χ3n) is 3.92. The van der Waals surface area contributed by atoms with E-state index in [1.54, 1.807) is 19.2 Å². The van der Waals surface area contributed by atoms with E-state index in [0.717, 1.165) is 26.1 Å². The summed E-state index contributed by atoms with van der Waals surface area (Å²) >= 11 is 0. The summed E-state index contributed by atoms with van der Waals surface area (Å²) in [5.74, 6) is 0.224. The van der Waals surface area contributed by atoms with E-state index in [4.69, 9.17) is 15.2 Å². The predicted molar refractivity (Wildman–Crippen MR) is 76.4 cm³/mol. The van der Waals surface area contributed by atoms with Gasteiger partial charge in [-0.25, -0.2) is 4.39 Å². The number of ether oxygens (including phenoxy) is 2. The van der Waals surface area contributed by atoms with Crippen molar-refractivity contribution in [1.29, 1.82) is 0 Å². The summed E-state index contributed by atoms with van der Waals surface area (Å²) in [5.41, 5.74) is 6.61. The number of benzene rings is 1. The van der Waals surface area contributed by atoms with Gasteiger partial charge in [-0.05, 0) is 25.0 Å². The first-order valence-electron chi connectivity index (χ1n) is 6.98. The molecule has 2 unspecified atom stereocenters. The molecule has 5 heteroatoms. The Morgan fingerprint density at radius 1 is 1.45 bits per heavy atom. The molecule has 1 aromatic carbocycles. The van der Waals surface area contributed by atoms with Crippen LogP contribution in [0.1, 0.15) is 24.4 Å². The van der Waals surface area contributed by atoms with Crippen molar-refractivity contribution in [1.82, 2.24) is 4.90 Å². The minimum atomic E-state index is -0.354. The molecule has 0 spiro atoms. The zero-order chi connectivity index (χ0) is 14.5. The lowest BCUT2D eigenvalue weighted by Gasteiger charge is -2.20. The van der Waals surface area contributed by atoms with Crippen LogP contribution in [0.4, 0.5) is 4.39 Å². The Hall–Kier alpha value is -1.17. The maximum absolute atomic E-state index is 13.9. The standard InChI is InChI=1S/C15H23FN2O2/c1-19-11-6-8-18(10-11)9-7-13(17)15-12(16)4-3-5-14(15)20-2/h3-5,11,13H,6-10,17H2,1-2H3. The molecule has 2 N–H and O–H groups in total. The van der Waals surface area contributed by atoms with Crippen LogP contribution >= 0.6 is 0 Å². The second-order valence-electron chi connectivity index (χ2n) is 5.20. The molecule has 0 aliphatic carbocycles. The monoisotopic (exact) mass is 282 g/mol. The number of methoxy groups -OCH3 is 2. The van der Waals surface area contributed by atoms with Gasteiger partial charge in [0.15, 0.2) is 0 Å². The van der Waals surface area contributed by atoms with Crippen molar-refractivity contribution in [3.8, 4) is 5.75 Å². The van der Waals surface area contributed by atoms with E-state index in [0.29, 0.717) is 23.8 Å². The Balaban J connectivity index is 1.94. The molecule has 0 bridgehead atoms. The van der Waals surface area contributed by atoms with Crippen molar-refractivity contribution >= 4 is 0 Å². The van der Waals surface area contributed by atoms with Crippen LogP contribution in [-0.4, -0.2) is 44.9 Å². The van der Waals surface area contributed by atoms with Crippen LogP contribution in [0, 0.1) is 5.82 Å². The third-order valence-corrected chi connectivity index (χ3v) is 3.92. The largest absolute Gasteiger partial charge is 0.496 e. The topological polar surface area (TPSA) is 47.7 Å². The van der Waals surface area contributed by atoms with Gasteiger partial charge in [-0.3, -0.25) is 0 Å². The van der Waals surface area contributed by atoms with Crippen molar-refractivity contribution in [2.75, 3.05) is 33.9 Å². The molecular formula is C15H23FN2O2. The summed E-state index contributed by atoms with van der Waals surface area (Å²) in [6, 6.07) is 4.45. The van der Waals surface area contributed by atoms with Crippen LogP contribution < -0.4 is 10.5 Å². The molecular weight excluding hydrogens is 259 g/mol. The fourth-order valence-corrected chi connectivity index (χ4v) is 2.71. The molecule has 20 heavy (non-hydrogen) atoms. The first kappa shape index (κ1) is 15.2. The van der Waals surface area contributed by atoms with Gasteiger partial charge in [0.25, 0.3) is 0 Å². The van der Waals surface area contributed by atoms with E-state index in [9.17, 15) is 4.39 Å². The number of hydrogen-bond donors (Lipinski definition) is 1. The third kappa shape index (κ3) is 3.48. The quantitative estimate of drug-likeness (QED) is 0.866. The zero-order valence-corrected chi connectivity index (χ0v) is 12.1. The minimum absolute atomic E-state index is 0.298. The Morgan fingerprint density at radius 3 is 2.90 bits per heavy atom. The molecule has 1 fully saturated rings. The Morgan fingerprint density at radius 2 is 2.25 bits per heavy atom. The average Bonchev–Trinajstić information content (AvgIpc) is 2.92. The molecule has 1 heterocycles. The molecule has 1 aliphatic rings. The van der Waals surface area contributed by atoms with E-state index >= 15 is 0 Å². The number of likely N-dealkylation sites (tertiary alicyclic amines) is 1. The Bertz CT molecular complexity index is 442. The van der Waals surface area contributed by atoms with Gasteiger partial charge in [-0.15, -0.1) is 0 Å². The summed E-state index contributed by atoms with van der Waals surface area (Å²) in [5, 5.41) is 0. The van der Waals surface area contributed by atoms with Gasteiger partial charge in [0.1, 0.15) is 11.6 Å². The molecule has 1 aliphatic heterocycles. The fraction of sp³-hybridized carbons (Fsp3) is 0.600. The maximum atomic E-state index is 13.9. The highest BCUT2D eigenvalue weighted by Gasteiger charge is 2.23. The van der Waals surface area contributed by atoms with Gasteiger partial charge in [0.05, 0.1) is 13.2 Å². The SMILES string of the molecule is COc1cccc(F)c1C(N)CCN1CCC(OC)C1. The molecule has 1 aromatic rings. The van der Waals surface area contributed by atoms with E-state index in [1.165, 1.54) is 13.2 Å². The molecule has 4 nitrogen and oxygen atoms in total. The Kier molecular flexibility index (Phi) is 5.34. The highest BCUT2D eigenvalue weighted by atomic mass is 19.1. The lowest BCUT2D eigenvalue weighted by Crippen LogP contribution is -2.27. The highest BCUT2D eigenvalue weighted by Crippen LogP contribution is 2.28. The van der Waals surface area contributed by atoms with E-state index in [1.807, 2.05) is 0 Å². The van der Waals surface area contributed by atoms with Crippen LogP contribution in [0.2, 0.25) is 0 Å². The van der Waals surface area contributed by atoms with Gasteiger partial charge in [0.2, 0.25) is 0 Å². The Labute approximate surface area is 119 Å². The number of hydrogen-bond acceptors (Lipinski definition) is 4. The summed E-state index contributed by atoms with van der Waals surface area (Å²) < 4.78 is 24.4. The van der Waals surface area contributed by atoms with E-state index in [2.05, 4.69) is 4.90 Å². The minimum Gasteiger partial charge on any atom is -0.496 e. The molecule has 0 saturated carbocycles. The van der Waals surface area contributed by atoms with Crippen molar-refractivity contribution in [3.63, 3.8) is 0 Å². The van der Waals surface area contributed by atoms with Crippen LogP contribution in [0.3, 0.4) is 0 Å². The average molecular weight is 282 g/mol. The second-order valence-corrected chi connectivity index (χ2v) is 5.20. The van der Waals surface area contributed by atoms with E-state index < -0.39 is 0 Å². The number of rotatable bonds is 6.